The van der Waals surface area contributed by atoms with Crippen molar-refractivity contribution in [1.29, 1.82) is 0 Å². The summed E-state index contributed by atoms with van der Waals surface area (Å²) in [6, 6.07) is 4.33. The summed E-state index contributed by atoms with van der Waals surface area (Å²) < 4.78 is 23.9. The number of rotatable bonds is 2. The Balaban J connectivity index is 2.32. The number of carbonyl (C=O) groups excluding carboxylic acids is 1. The van der Waals surface area contributed by atoms with Gasteiger partial charge in [-0.1, -0.05) is 0 Å². The van der Waals surface area contributed by atoms with Gasteiger partial charge in [0.1, 0.15) is 0 Å². The van der Waals surface area contributed by atoms with Crippen LogP contribution < -0.4 is 11.0 Å². The third kappa shape index (κ3) is 1.92. The molecular formula is C9H7F2N3O2. The van der Waals surface area contributed by atoms with Gasteiger partial charge in [0, 0.05) is 5.69 Å². The van der Waals surface area contributed by atoms with Crippen molar-refractivity contribution in [3.63, 3.8) is 0 Å². The Labute approximate surface area is 87.5 Å². The van der Waals surface area contributed by atoms with E-state index in [0.29, 0.717) is 11.0 Å². The van der Waals surface area contributed by atoms with Crippen LogP contribution in [0.4, 0.5) is 14.5 Å². The van der Waals surface area contributed by atoms with Gasteiger partial charge in [0.2, 0.25) is 0 Å². The lowest BCUT2D eigenvalue weighted by molar-refractivity contribution is -0.126. The van der Waals surface area contributed by atoms with Gasteiger partial charge in [0.25, 0.3) is 5.91 Å². The van der Waals surface area contributed by atoms with Crippen LogP contribution in [0.1, 0.15) is 0 Å². The Morgan fingerprint density at radius 2 is 1.94 bits per heavy atom. The van der Waals surface area contributed by atoms with E-state index in [0.717, 1.165) is 0 Å². The first-order valence-corrected chi connectivity index (χ1v) is 4.37. The van der Waals surface area contributed by atoms with Crippen LogP contribution in [0.5, 0.6) is 0 Å². The summed E-state index contributed by atoms with van der Waals surface area (Å²) in [6.45, 7) is 0. The van der Waals surface area contributed by atoms with Gasteiger partial charge in [-0.15, -0.1) is 0 Å². The quantitative estimate of drug-likeness (QED) is 0.717. The number of H-pyrrole nitrogens is 2. The fourth-order valence-electron chi connectivity index (χ4n) is 1.31. The molecule has 0 fully saturated rings. The molecular weight excluding hydrogens is 220 g/mol. The third-order valence-corrected chi connectivity index (χ3v) is 1.98. The van der Waals surface area contributed by atoms with E-state index < -0.39 is 18.0 Å². The molecule has 2 rings (SSSR count). The van der Waals surface area contributed by atoms with Crippen molar-refractivity contribution >= 4 is 22.6 Å². The number of fused-ring (bicyclic) bond motifs is 1. The number of halogens is 2. The molecule has 0 saturated carbocycles. The number of benzene rings is 1. The molecule has 16 heavy (non-hydrogen) atoms. The molecule has 3 N–H and O–H groups in total. The summed E-state index contributed by atoms with van der Waals surface area (Å²) in [5.41, 5.74) is 0.789. The first kappa shape index (κ1) is 10.3. The zero-order valence-corrected chi connectivity index (χ0v) is 7.88. The summed E-state index contributed by atoms with van der Waals surface area (Å²) in [5.74, 6) is -1.38. The molecule has 0 aliphatic heterocycles. The average Bonchev–Trinajstić information content (AvgIpc) is 2.57. The highest BCUT2D eigenvalue weighted by Crippen LogP contribution is 2.15. The fourth-order valence-corrected chi connectivity index (χ4v) is 1.31. The SMILES string of the molecule is O=C(Nc1ccc2[nH]c(=O)[nH]c2c1)C(F)F. The van der Waals surface area contributed by atoms with Crippen LogP contribution in [0.3, 0.4) is 0 Å². The maximum atomic E-state index is 12.0. The van der Waals surface area contributed by atoms with Crippen molar-refractivity contribution in [3.8, 4) is 0 Å². The molecule has 1 amide bonds. The topological polar surface area (TPSA) is 77.8 Å². The molecule has 7 heteroatoms. The number of aromatic amines is 2. The minimum atomic E-state index is -3.07. The van der Waals surface area contributed by atoms with Gasteiger partial charge in [0.05, 0.1) is 11.0 Å². The van der Waals surface area contributed by atoms with Crippen molar-refractivity contribution in [1.82, 2.24) is 9.97 Å². The van der Waals surface area contributed by atoms with Gasteiger partial charge in [-0.2, -0.15) is 8.78 Å². The maximum absolute atomic E-state index is 12.0. The zero-order valence-electron chi connectivity index (χ0n) is 7.88. The molecule has 0 spiro atoms. The van der Waals surface area contributed by atoms with Crippen molar-refractivity contribution in [2.24, 2.45) is 0 Å². The van der Waals surface area contributed by atoms with Gasteiger partial charge in [-0.3, -0.25) is 4.79 Å². The summed E-state index contributed by atoms with van der Waals surface area (Å²) in [7, 11) is 0. The average molecular weight is 227 g/mol. The highest BCUT2D eigenvalue weighted by Gasteiger charge is 2.15. The second-order valence-electron chi connectivity index (χ2n) is 3.13. The van der Waals surface area contributed by atoms with E-state index in [-0.39, 0.29) is 5.69 Å². The van der Waals surface area contributed by atoms with E-state index in [1.54, 1.807) is 0 Å². The van der Waals surface area contributed by atoms with Crippen LogP contribution in [0.15, 0.2) is 23.0 Å². The second-order valence-corrected chi connectivity index (χ2v) is 3.13. The summed E-state index contributed by atoms with van der Waals surface area (Å²) in [4.78, 5) is 26.6. The lowest BCUT2D eigenvalue weighted by atomic mass is 10.3. The van der Waals surface area contributed by atoms with E-state index in [1.807, 2.05) is 5.32 Å². The van der Waals surface area contributed by atoms with Crippen molar-refractivity contribution in [2.75, 3.05) is 5.32 Å². The van der Waals surface area contributed by atoms with Crippen LogP contribution in [-0.2, 0) is 4.79 Å². The highest BCUT2D eigenvalue weighted by atomic mass is 19.3. The monoisotopic (exact) mass is 227 g/mol. The van der Waals surface area contributed by atoms with Crippen LogP contribution in [0.25, 0.3) is 11.0 Å². The number of alkyl halides is 2. The van der Waals surface area contributed by atoms with Gasteiger partial charge < -0.3 is 15.3 Å². The molecule has 0 bridgehead atoms. The maximum Gasteiger partial charge on any atom is 0.323 e. The Morgan fingerprint density at radius 1 is 1.25 bits per heavy atom. The first-order valence-electron chi connectivity index (χ1n) is 4.37. The minimum absolute atomic E-state index is 0.202. The summed E-state index contributed by atoms with van der Waals surface area (Å²) in [5, 5.41) is 2.02. The van der Waals surface area contributed by atoms with Gasteiger partial charge >= 0.3 is 12.1 Å². The predicted molar refractivity (Wildman–Crippen MR) is 53.6 cm³/mol. The molecule has 1 aromatic carbocycles. The molecule has 84 valence electrons. The van der Waals surface area contributed by atoms with E-state index in [2.05, 4.69) is 9.97 Å². The van der Waals surface area contributed by atoms with Gasteiger partial charge in [0.15, 0.2) is 0 Å². The Bertz CT molecular complexity index is 588. The number of nitrogens with one attached hydrogen (secondary N) is 3. The zero-order chi connectivity index (χ0) is 11.7. The molecule has 1 heterocycles. The number of hydrogen-bond donors (Lipinski definition) is 3. The molecule has 0 atom stereocenters. The number of amides is 1. The lowest BCUT2D eigenvalue weighted by Gasteiger charge is -2.03. The van der Waals surface area contributed by atoms with E-state index in [9.17, 15) is 18.4 Å². The molecule has 1 aromatic heterocycles. The largest absolute Gasteiger partial charge is 0.323 e. The highest BCUT2D eigenvalue weighted by molar-refractivity contribution is 5.94. The second kappa shape index (κ2) is 3.76. The van der Waals surface area contributed by atoms with Crippen molar-refractivity contribution < 1.29 is 13.6 Å². The van der Waals surface area contributed by atoms with Crippen LogP contribution in [-0.4, -0.2) is 22.3 Å². The van der Waals surface area contributed by atoms with Crippen molar-refractivity contribution in [2.45, 2.75) is 6.43 Å². The molecule has 5 nitrogen and oxygen atoms in total. The molecule has 0 aliphatic carbocycles. The van der Waals surface area contributed by atoms with Crippen molar-refractivity contribution in [3.05, 3.63) is 28.7 Å². The third-order valence-electron chi connectivity index (χ3n) is 1.98. The summed E-state index contributed by atoms with van der Waals surface area (Å²) in [6.07, 6.45) is -3.07. The van der Waals surface area contributed by atoms with E-state index in [1.165, 1.54) is 18.2 Å². The smallest absolute Gasteiger partial charge is 0.321 e. The van der Waals surface area contributed by atoms with E-state index in [4.69, 9.17) is 0 Å². The Hall–Kier alpha value is -2.18. The fraction of sp³-hybridized carbons (Fsp3) is 0.111. The van der Waals surface area contributed by atoms with E-state index >= 15 is 0 Å². The summed E-state index contributed by atoms with van der Waals surface area (Å²) >= 11 is 0. The van der Waals surface area contributed by atoms with Crippen LogP contribution in [0.2, 0.25) is 0 Å². The minimum Gasteiger partial charge on any atom is -0.321 e. The number of imidazole rings is 1. The lowest BCUT2D eigenvalue weighted by Crippen LogP contribution is -2.19. The number of aromatic nitrogens is 2. The standard InChI is InChI=1S/C9H7F2N3O2/c10-7(11)8(15)12-4-1-2-5-6(3-4)14-9(16)13-5/h1-3,7H,(H,12,15)(H2,13,14,16). The molecule has 0 saturated heterocycles. The van der Waals surface area contributed by atoms with Crippen LogP contribution >= 0.6 is 0 Å². The molecule has 2 aromatic rings. The number of hydrogen-bond acceptors (Lipinski definition) is 2. The predicted octanol–water partition coefficient (Wildman–Crippen LogP) is 1.06. The molecule has 0 aliphatic rings. The van der Waals surface area contributed by atoms with Gasteiger partial charge in [-0.05, 0) is 18.2 Å². The van der Waals surface area contributed by atoms with Crippen LogP contribution in [0, 0.1) is 0 Å². The normalized spacial score (nSPS) is 10.9. The number of anilines is 1. The Kier molecular flexibility index (Phi) is 2.43. The Morgan fingerprint density at radius 3 is 2.62 bits per heavy atom. The van der Waals surface area contributed by atoms with Gasteiger partial charge in [-0.25, -0.2) is 4.79 Å². The molecule has 0 radical (unpaired) electrons. The molecule has 0 unspecified atom stereocenters. The number of carbonyl (C=O) groups is 1. The first-order chi connectivity index (χ1) is 7.56.